The molecule has 1 atom stereocenters. The minimum atomic E-state index is -0.526. The molecule has 2 aromatic heterocycles. The predicted molar refractivity (Wildman–Crippen MR) is 148 cm³/mol. The van der Waals surface area contributed by atoms with Gasteiger partial charge in [0.25, 0.3) is 0 Å². The summed E-state index contributed by atoms with van der Waals surface area (Å²) in [5, 5.41) is 8.31. The Hall–Kier alpha value is -4.56. The maximum Gasteiger partial charge on any atom is 0.323 e. The summed E-state index contributed by atoms with van der Waals surface area (Å²) in [7, 11) is 1.53. The Morgan fingerprint density at radius 2 is 1.82 bits per heavy atom. The number of anilines is 1. The second kappa shape index (κ2) is 9.96. The number of nitrogens with one attached hydrogen (secondary N) is 1. The Balaban J connectivity index is 1.53. The molecule has 0 saturated heterocycles. The summed E-state index contributed by atoms with van der Waals surface area (Å²) in [4.78, 5) is 15.8. The maximum absolute atomic E-state index is 14.1. The molecule has 0 fully saturated rings. The van der Waals surface area contributed by atoms with E-state index in [0.717, 1.165) is 34.0 Å². The van der Waals surface area contributed by atoms with Crippen LogP contribution in [-0.2, 0) is 6.54 Å². The molecule has 2 amide bonds. The van der Waals surface area contributed by atoms with Crippen molar-refractivity contribution in [1.29, 1.82) is 0 Å². The number of fused-ring (bicyclic) bond motifs is 3. The lowest BCUT2D eigenvalue weighted by Gasteiger charge is -2.31. The van der Waals surface area contributed by atoms with Crippen molar-refractivity contribution in [3.05, 3.63) is 124 Å². The van der Waals surface area contributed by atoms with Crippen LogP contribution in [-0.4, -0.2) is 32.4 Å². The maximum atomic E-state index is 14.1. The summed E-state index contributed by atoms with van der Waals surface area (Å²) in [5.41, 5.74) is 4.66. The molecule has 6 rings (SSSR count). The molecule has 0 unspecified atom stereocenters. The number of benzene rings is 3. The highest BCUT2D eigenvalue weighted by atomic mass is 35.5. The minimum absolute atomic E-state index is 0.256. The molecule has 1 N–H and O–H groups in total. The number of carbonyl (C=O) groups is 1. The van der Waals surface area contributed by atoms with Crippen molar-refractivity contribution in [2.45, 2.75) is 19.5 Å². The molecule has 0 bridgehead atoms. The monoisotopic (exact) mass is 541 g/mol. The molecule has 3 aromatic carbocycles. The third-order valence-corrected chi connectivity index (χ3v) is 7.17. The Kier molecular flexibility index (Phi) is 6.32. The van der Waals surface area contributed by atoms with Crippen LogP contribution in [0.1, 0.15) is 28.6 Å². The van der Waals surface area contributed by atoms with Crippen molar-refractivity contribution in [1.82, 2.24) is 19.2 Å². The summed E-state index contributed by atoms with van der Waals surface area (Å²) < 4.78 is 23.4. The van der Waals surface area contributed by atoms with Gasteiger partial charge in [0.05, 0.1) is 42.5 Å². The highest BCUT2D eigenvalue weighted by Gasteiger charge is 2.36. The van der Waals surface area contributed by atoms with Crippen molar-refractivity contribution in [3.8, 4) is 17.3 Å². The van der Waals surface area contributed by atoms with Gasteiger partial charge in [-0.25, -0.2) is 13.9 Å². The summed E-state index contributed by atoms with van der Waals surface area (Å²) in [6.07, 6.45) is 1.96. The first-order chi connectivity index (χ1) is 18.9. The Morgan fingerprint density at radius 3 is 2.56 bits per heavy atom. The van der Waals surface area contributed by atoms with Gasteiger partial charge in [-0.2, -0.15) is 5.10 Å². The van der Waals surface area contributed by atoms with Crippen LogP contribution in [0.5, 0.6) is 5.75 Å². The average molecular weight is 542 g/mol. The van der Waals surface area contributed by atoms with Crippen LogP contribution in [0.2, 0.25) is 5.02 Å². The summed E-state index contributed by atoms with van der Waals surface area (Å²) in [5.74, 6) is 0.987. The van der Waals surface area contributed by atoms with Crippen LogP contribution >= 0.6 is 11.6 Å². The van der Waals surface area contributed by atoms with Crippen LogP contribution in [0.15, 0.2) is 91.1 Å². The number of nitrogens with zero attached hydrogens (tertiary/aromatic N) is 4. The number of aromatic nitrogens is 3. The van der Waals surface area contributed by atoms with Crippen molar-refractivity contribution in [2.75, 3.05) is 12.4 Å². The molecule has 0 radical (unpaired) electrons. The number of urea groups is 1. The predicted octanol–water partition coefficient (Wildman–Crippen LogP) is 6.91. The number of rotatable bonds is 4. The molecule has 9 heteroatoms. The third kappa shape index (κ3) is 4.42. The summed E-state index contributed by atoms with van der Waals surface area (Å²) >= 11 is 6.24. The first-order valence-electron chi connectivity index (χ1n) is 12.4. The van der Waals surface area contributed by atoms with Crippen LogP contribution in [0, 0.1) is 12.7 Å². The molecule has 0 aliphatic carbocycles. The number of ether oxygens (including phenoxy) is 1. The van der Waals surface area contributed by atoms with E-state index < -0.39 is 6.04 Å². The van der Waals surface area contributed by atoms with Crippen molar-refractivity contribution in [3.63, 3.8) is 0 Å². The topological polar surface area (TPSA) is 64.3 Å². The van der Waals surface area contributed by atoms with Crippen LogP contribution in [0.4, 0.5) is 14.9 Å². The van der Waals surface area contributed by atoms with Gasteiger partial charge in [0.2, 0.25) is 0 Å². The Labute approximate surface area is 230 Å². The molecule has 0 spiro atoms. The van der Waals surface area contributed by atoms with Crippen LogP contribution in [0.3, 0.4) is 0 Å². The molecule has 7 nitrogen and oxygen atoms in total. The number of halogens is 2. The number of amides is 2. The molecule has 3 heterocycles. The minimum Gasteiger partial charge on any atom is -0.495 e. The van der Waals surface area contributed by atoms with E-state index in [1.54, 1.807) is 35.2 Å². The Morgan fingerprint density at radius 1 is 1.05 bits per heavy atom. The van der Waals surface area contributed by atoms with Gasteiger partial charge in [0.1, 0.15) is 17.4 Å². The van der Waals surface area contributed by atoms with Gasteiger partial charge in [0.15, 0.2) is 0 Å². The standard InChI is InChI=1S/C30H25ClFN5O2/c1-19-24-18-36(30(38)33-25-17-21(31)12-15-27(25)39-2)28(20-10-13-22(32)14-11-20)26-9-6-16-35(26)29(24)37(34-19)23-7-4-3-5-8-23/h3-17,28H,18H2,1-2H3,(H,33,38)/t28-/m1/s1. The van der Waals surface area contributed by atoms with Crippen molar-refractivity contribution in [2.24, 2.45) is 0 Å². The van der Waals surface area contributed by atoms with E-state index in [2.05, 4.69) is 9.88 Å². The zero-order valence-corrected chi connectivity index (χ0v) is 22.1. The van der Waals surface area contributed by atoms with Gasteiger partial charge in [-0.15, -0.1) is 0 Å². The molecular formula is C30H25ClFN5O2. The lowest BCUT2D eigenvalue weighted by Crippen LogP contribution is -2.38. The normalized spacial score (nSPS) is 14.4. The van der Waals surface area contributed by atoms with Gasteiger partial charge in [0, 0.05) is 16.8 Å². The smallest absolute Gasteiger partial charge is 0.323 e. The molecule has 39 heavy (non-hydrogen) atoms. The Bertz CT molecular complexity index is 1660. The first-order valence-corrected chi connectivity index (χ1v) is 12.8. The third-order valence-electron chi connectivity index (χ3n) is 6.94. The van der Waals surface area contributed by atoms with E-state index in [1.807, 2.05) is 60.3 Å². The van der Waals surface area contributed by atoms with E-state index in [0.29, 0.717) is 16.5 Å². The second-order valence-corrected chi connectivity index (χ2v) is 9.73. The first kappa shape index (κ1) is 24.8. The number of aryl methyl sites for hydroxylation is 1. The molecular weight excluding hydrogens is 517 g/mol. The van der Waals surface area contributed by atoms with E-state index in [-0.39, 0.29) is 18.4 Å². The molecule has 5 aromatic rings. The number of hydrogen-bond acceptors (Lipinski definition) is 3. The van der Waals surface area contributed by atoms with Gasteiger partial charge in [-0.3, -0.25) is 0 Å². The van der Waals surface area contributed by atoms with Crippen molar-refractivity contribution >= 4 is 23.3 Å². The lowest BCUT2D eigenvalue weighted by molar-refractivity contribution is 0.194. The van der Waals surface area contributed by atoms with Crippen LogP contribution in [0.25, 0.3) is 11.5 Å². The van der Waals surface area contributed by atoms with Gasteiger partial charge in [-0.05, 0) is 67.1 Å². The highest BCUT2D eigenvalue weighted by molar-refractivity contribution is 6.31. The zero-order valence-electron chi connectivity index (χ0n) is 21.3. The van der Waals surface area contributed by atoms with Gasteiger partial charge in [-0.1, -0.05) is 41.9 Å². The fourth-order valence-corrected chi connectivity index (χ4v) is 5.28. The SMILES string of the molecule is COc1ccc(Cl)cc1NC(=O)N1Cc2c(C)nn(-c3ccccc3)c2-n2cccc2[C@H]1c1ccc(F)cc1. The van der Waals surface area contributed by atoms with E-state index in [4.69, 9.17) is 21.4 Å². The fourth-order valence-electron chi connectivity index (χ4n) is 5.11. The summed E-state index contributed by atoms with van der Waals surface area (Å²) in [6.45, 7) is 2.20. The molecule has 0 saturated carbocycles. The number of hydrogen-bond donors (Lipinski definition) is 1. The average Bonchev–Trinajstić information content (AvgIpc) is 3.50. The fraction of sp³-hybridized carbons (Fsp3) is 0.133. The van der Waals surface area contributed by atoms with Crippen molar-refractivity contribution < 1.29 is 13.9 Å². The molecule has 1 aliphatic rings. The van der Waals surface area contributed by atoms with E-state index in [1.165, 1.54) is 19.2 Å². The highest BCUT2D eigenvalue weighted by Crippen LogP contribution is 2.39. The van der Waals surface area contributed by atoms with E-state index >= 15 is 0 Å². The van der Waals surface area contributed by atoms with Gasteiger partial charge < -0.3 is 19.5 Å². The van der Waals surface area contributed by atoms with Crippen LogP contribution < -0.4 is 10.1 Å². The van der Waals surface area contributed by atoms with Gasteiger partial charge >= 0.3 is 6.03 Å². The lowest BCUT2D eigenvalue weighted by atomic mass is 10.0. The van der Waals surface area contributed by atoms with E-state index in [9.17, 15) is 9.18 Å². The largest absolute Gasteiger partial charge is 0.495 e. The summed E-state index contributed by atoms with van der Waals surface area (Å²) in [6, 6.07) is 24.2. The number of para-hydroxylation sites is 1. The molecule has 196 valence electrons. The molecule has 1 aliphatic heterocycles. The second-order valence-electron chi connectivity index (χ2n) is 9.29. The quantitative estimate of drug-likeness (QED) is 0.269. The number of carbonyl (C=O) groups excluding carboxylic acids is 1. The number of methoxy groups -OCH3 is 1. The zero-order chi connectivity index (χ0) is 27.1.